The van der Waals surface area contributed by atoms with Crippen LogP contribution in [0.3, 0.4) is 0 Å². The largest absolute Gasteiger partial charge is 0.311 e. The van der Waals surface area contributed by atoms with Gasteiger partial charge in [0.05, 0.1) is 0 Å². The number of rotatable bonds is 2. The van der Waals surface area contributed by atoms with Gasteiger partial charge in [-0.05, 0) is 25.9 Å². The molecular weight excluding hydrogens is 204 g/mol. The summed E-state index contributed by atoms with van der Waals surface area (Å²) < 4.78 is 0. The molecule has 2 heterocycles. The van der Waals surface area contributed by atoms with E-state index in [2.05, 4.69) is 22.0 Å². The van der Waals surface area contributed by atoms with E-state index in [1.165, 1.54) is 69.8 Å². The van der Waals surface area contributed by atoms with Crippen molar-refractivity contribution in [1.29, 1.82) is 0 Å². The van der Waals surface area contributed by atoms with Crippen LogP contribution in [0.1, 0.15) is 32.1 Å². The van der Waals surface area contributed by atoms with Crippen LogP contribution in [0.4, 0.5) is 0 Å². The minimum absolute atomic E-state index is 0.753. The highest BCUT2D eigenvalue weighted by Gasteiger charge is 2.17. The lowest BCUT2D eigenvalue weighted by atomic mass is 10.1. The molecule has 3 heteroatoms. The van der Waals surface area contributed by atoms with Crippen molar-refractivity contribution < 1.29 is 0 Å². The van der Waals surface area contributed by atoms with Crippen molar-refractivity contribution >= 4 is 11.8 Å². The fourth-order valence-corrected chi connectivity index (χ4v) is 3.48. The molecule has 2 nitrogen and oxygen atoms in total. The molecule has 0 amide bonds. The third kappa shape index (κ3) is 4.33. The van der Waals surface area contributed by atoms with Crippen LogP contribution in [0, 0.1) is 0 Å². The third-order valence-electron chi connectivity index (χ3n) is 3.43. The lowest BCUT2D eigenvalue weighted by molar-refractivity contribution is 0.227. The molecule has 0 saturated carbocycles. The molecule has 1 N–H and O–H groups in total. The van der Waals surface area contributed by atoms with Crippen molar-refractivity contribution in [3.63, 3.8) is 0 Å². The zero-order chi connectivity index (χ0) is 10.3. The summed E-state index contributed by atoms with van der Waals surface area (Å²) in [5.74, 6) is 2.62. The highest BCUT2D eigenvalue weighted by atomic mass is 32.2. The van der Waals surface area contributed by atoms with E-state index < -0.39 is 0 Å². The zero-order valence-corrected chi connectivity index (χ0v) is 10.5. The van der Waals surface area contributed by atoms with Gasteiger partial charge < -0.3 is 10.2 Å². The van der Waals surface area contributed by atoms with Gasteiger partial charge in [-0.1, -0.05) is 19.3 Å². The van der Waals surface area contributed by atoms with E-state index in [0.29, 0.717) is 0 Å². The van der Waals surface area contributed by atoms with E-state index in [1.54, 1.807) is 0 Å². The Balaban J connectivity index is 1.70. The van der Waals surface area contributed by atoms with Crippen LogP contribution < -0.4 is 5.32 Å². The summed E-state index contributed by atoms with van der Waals surface area (Å²) in [5, 5.41) is 3.64. The minimum Gasteiger partial charge on any atom is -0.311 e. The summed E-state index contributed by atoms with van der Waals surface area (Å²) in [7, 11) is 0. The average Bonchev–Trinajstić information content (AvgIpc) is 2.23. The molecule has 0 spiro atoms. The lowest BCUT2D eigenvalue weighted by Gasteiger charge is -2.31. The molecule has 2 aliphatic heterocycles. The van der Waals surface area contributed by atoms with Gasteiger partial charge in [0.2, 0.25) is 0 Å². The maximum atomic E-state index is 3.64. The standard InChI is InChI=1S/C12H24N2S/c1-2-4-7-14(8-5-3-1)10-12-11-15-9-6-13-12/h12-13H,1-11H2. The van der Waals surface area contributed by atoms with Crippen molar-refractivity contribution in [2.24, 2.45) is 0 Å². The number of hydrogen-bond donors (Lipinski definition) is 1. The monoisotopic (exact) mass is 228 g/mol. The van der Waals surface area contributed by atoms with Gasteiger partial charge in [0.15, 0.2) is 0 Å². The summed E-state index contributed by atoms with van der Waals surface area (Å²) in [6.07, 6.45) is 7.19. The maximum absolute atomic E-state index is 3.64. The van der Waals surface area contributed by atoms with Gasteiger partial charge in [0, 0.05) is 30.6 Å². The molecule has 0 bridgehead atoms. The second-order valence-electron chi connectivity index (χ2n) is 4.79. The van der Waals surface area contributed by atoms with E-state index >= 15 is 0 Å². The molecule has 2 fully saturated rings. The Morgan fingerprint density at radius 2 is 1.80 bits per heavy atom. The summed E-state index contributed by atoms with van der Waals surface area (Å²) in [4.78, 5) is 2.68. The number of hydrogen-bond acceptors (Lipinski definition) is 3. The van der Waals surface area contributed by atoms with Gasteiger partial charge in [-0.25, -0.2) is 0 Å². The predicted molar refractivity (Wildman–Crippen MR) is 68.6 cm³/mol. The van der Waals surface area contributed by atoms with Crippen molar-refractivity contribution in [3.05, 3.63) is 0 Å². The summed E-state index contributed by atoms with van der Waals surface area (Å²) in [5.41, 5.74) is 0. The molecular formula is C12H24N2S. The van der Waals surface area contributed by atoms with Crippen LogP contribution in [-0.4, -0.2) is 48.6 Å². The second kappa shape index (κ2) is 6.77. The molecule has 0 aliphatic carbocycles. The SMILES string of the molecule is C1CCCN(CC2CSCCN2)CCC1. The van der Waals surface area contributed by atoms with Crippen molar-refractivity contribution in [3.8, 4) is 0 Å². The van der Waals surface area contributed by atoms with Crippen LogP contribution in [0.25, 0.3) is 0 Å². The topological polar surface area (TPSA) is 15.3 Å². The predicted octanol–water partition coefficient (Wildman–Crippen LogP) is 1.96. The molecule has 88 valence electrons. The van der Waals surface area contributed by atoms with E-state index in [0.717, 1.165) is 6.04 Å². The Kier molecular flexibility index (Phi) is 5.30. The molecule has 2 saturated heterocycles. The molecule has 2 rings (SSSR count). The molecule has 15 heavy (non-hydrogen) atoms. The average molecular weight is 228 g/mol. The molecule has 0 aromatic carbocycles. The van der Waals surface area contributed by atoms with Gasteiger partial charge in [-0.15, -0.1) is 0 Å². The summed E-state index contributed by atoms with van der Waals surface area (Å²) in [6, 6.07) is 0.753. The highest BCUT2D eigenvalue weighted by Crippen LogP contribution is 2.13. The van der Waals surface area contributed by atoms with Crippen molar-refractivity contribution in [2.45, 2.75) is 38.1 Å². The number of nitrogens with zero attached hydrogens (tertiary/aromatic N) is 1. The van der Waals surface area contributed by atoms with E-state index in [9.17, 15) is 0 Å². The molecule has 1 unspecified atom stereocenters. The fourth-order valence-electron chi connectivity index (χ4n) is 2.54. The van der Waals surface area contributed by atoms with Gasteiger partial charge >= 0.3 is 0 Å². The Morgan fingerprint density at radius 3 is 2.47 bits per heavy atom. The van der Waals surface area contributed by atoms with Crippen LogP contribution in [0.5, 0.6) is 0 Å². The first-order chi connectivity index (χ1) is 7.45. The molecule has 1 atom stereocenters. The Labute approximate surface area is 98.2 Å². The zero-order valence-electron chi connectivity index (χ0n) is 9.71. The molecule has 0 aromatic rings. The van der Waals surface area contributed by atoms with Crippen molar-refractivity contribution in [2.75, 3.05) is 37.7 Å². The van der Waals surface area contributed by atoms with Crippen LogP contribution in [0.15, 0.2) is 0 Å². The van der Waals surface area contributed by atoms with Crippen molar-refractivity contribution in [1.82, 2.24) is 10.2 Å². The normalized spacial score (nSPS) is 30.8. The number of nitrogens with one attached hydrogen (secondary N) is 1. The van der Waals surface area contributed by atoms with Crippen LogP contribution in [0.2, 0.25) is 0 Å². The van der Waals surface area contributed by atoms with Crippen LogP contribution >= 0.6 is 11.8 Å². The first-order valence-corrected chi connectivity index (χ1v) is 7.64. The highest BCUT2D eigenvalue weighted by molar-refractivity contribution is 7.99. The van der Waals surface area contributed by atoms with Gasteiger partial charge in [-0.2, -0.15) is 11.8 Å². The molecule has 2 aliphatic rings. The number of thioether (sulfide) groups is 1. The summed E-state index contributed by atoms with van der Waals surface area (Å²) >= 11 is 2.11. The first-order valence-electron chi connectivity index (χ1n) is 6.48. The van der Waals surface area contributed by atoms with E-state index in [1.807, 2.05) is 0 Å². The van der Waals surface area contributed by atoms with E-state index in [-0.39, 0.29) is 0 Å². The maximum Gasteiger partial charge on any atom is 0.0285 e. The smallest absolute Gasteiger partial charge is 0.0285 e. The fraction of sp³-hybridized carbons (Fsp3) is 1.00. The quantitative estimate of drug-likeness (QED) is 0.778. The van der Waals surface area contributed by atoms with Gasteiger partial charge in [-0.3, -0.25) is 0 Å². The van der Waals surface area contributed by atoms with Crippen LogP contribution in [-0.2, 0) is 0 Å². The molecule has 0 aromatic heterocycles. The second-order valence-corrected chi connectivity index (χ2v) is 5.94. The van der Waals surface area contributed by atoms with Gasteiger partial charge in [0.25, 0.3) is 0 Å². The van der Waals surface area contributed by atoms with Gasteiger partial charge in [0.1, 0.15) is 0 Å². The Bertz CT molecular complexity index is 161. The van der Waals surface area contributed by atoms with E-state index in [4.69, 9.17) is 0 Å². The summed E-state index contributed by atoms with van der Waals surface area (Å²) in [6.45, 7) is 5.17. The number of likely N-dealkylation sites (tertiary alicyclic amines) is 1. The lowest BCUT2D eigenvalue weighted by Crippen LogP contribution is -2.46. The Hall–Kier alpha value is 0.270. The Morgan fingerprint density at radius 1 is 1.07 bits per heavy atom. The first kappa shape index (κ1) is 11.7. The third-order valence-corrected chi connectivity index (χ3v) is 4.56. The minimum atomic E-state index is 0.753. The molecule has 0 radical (unpaired) electrons.